The van der Waals surface area contributed by atoms with E-state index in [4.69, 9.17) is 8.37 Å². The molecular weight excluding hydrogens is 661 g/mol. The van der Waals surface area contributed by atoms with Gasteiger partial charge in [0.05, 0.1) is 6.10 Å². The van der Waals surface area contributed by atoms with Gasteiger partial charge in [0.1, 0.15) is 12.2 Å². The van der Waals surface area contributed by atoms with E-state index in [-0.39, 0.29) is 47.8 Å². The van der Waals surface area contributed by atoms with Crippen LogP contribution >= 0.6 is 0 Å². The Kier molecular flexibility index (Phi) is 10.9. The molecule has 0 aromatic rings. The summed E-state index contributed by atoms with van der Waals surface area (Å²) in [6.45, 7) is 18.0. The second-order valence-electron chi connectivity index (χ2n) is 16.5. The second kappa shape index (κ2) is 13.1. The van der Waals surface area contributed by atoms with Crippen LogP contribution in [0.25, 0.3) is 0 Å². The largest absolute Gasteiger partial charge is 0.726 e. The molecule has 270 valence electrons. The molecule has 4 fully saturated rings. The highest BCUT2D eigenvalue weighted by molar-refractivity contribution is 7.81. The molecule has 12 atom stereocenters. The highest BCUT2D eigenvalue weighted by Gasteiger charge is 2.64. The Balaban J connectivity index is 1.64. The van der Waals surface area contributed by atoms with E-state index in [1.807, 2.05) is 6.92 Å². The van der Waals surface area contributed by atoms with Crippen molar-refractivity contribution in [1.82, 2.24) is 0 Å². The van der Waals surface area contributed by atoms with Gasteiger partial charge < -0.3 is 13.7 Å². The lowest BCUT2D eigenvalue weighted by Crippen LogP contribution is -2.62. The number of fused-ring (bicyclic) bond motifs is 5. The quantitative estimate of drug-likeness (QED) is 0.191. The molecule has 4 saturated carbocycles. The van der Waals surface area contributed by atoms with Crippen molar-refractivity contribution in [2.24, 2.45) is 63.6 Å². The normalized spacial score (nSPS) is 40.2. The molecule has 46 heavy (non-hydrogen) atoms. The molecule has 0 aromatic carbocycles. The Morgan fingerprint density at radius 3 is 1.76 bits per heavy atom. The minimum atomic E-state index is -5.35. The minimum Gasteiger partial charge on any atom is -0.726 e. The lowest BCUT2D eigenvalue weighted by atomic mass is 9.43. The first-order valence-corrected chi connectivity index (χ1v) is 20.7. The molecule has 0 N–H and O–H groups in total. The van der Waals surface area contributed by atoms with Gasteiger partial charge in [-0.2, -0.15) is 0 Å². The molecule has 0 spiro atoms. The summed E-state index contributed by atoms with van der Waals surface area (Å²) < 4.78 is 120. The van der Waals surface area contributed by atoms with Crippen LogP contribution in [0.4, 0.5) is 0 Å². The third kappa shape index (κ3) is 7.98. The molecule has 4 aliphatic carbocycles. The van der Waals surface area contributed by atoms with E-state index in [0.29, 0.717) is 23.7 Å². The maximum absolute atomic E-state index is 12.0. The third-order valence-electron chi connectivity index (χ3n) is 13.9. The van der Waals surface area contributed by atoms with Crippen LogP contribution in [0, 0.1) is 63.6 Å². The van der Waals surface area contributed by atoms with Crippen LogP contribution in [0.2, 0.25) is 0 Å². The zero-order valence-corrected chi connectivity index (χ0v) is 30.8. The van der Waals surface area contributed by atoms with Gasteiger partial charge >= 0.3 is 0 Å². The van der Waals surface area contributed by atoms with Gasteiger partial charge in [0, 0.05) is 0 Å². The number of hydrogen-bond acceptors (Lipinski definition) is 12. The molecule has 0 saturated heterocycles. The second-order valence-corrected chi connectivity index (χ2v) is 19.5. The Hall–Kier alpha value is -0.390. The van der Waals surface area contributed by atoms with Crippen LogP contribution < -0.4 is 0 Å². The van der Waals surface area contributed by atoms with E-state index in [1.54, 1.807) is 0 Å². The van der Waals surface area contributed by atoms with Crippen molar-refractivity contribution < 1.29 is 51.5 Å². The average Bonchev–Trinajstić information content (AvgIpc) is 3.22. The van der Waals surface area contributed by atoms with E-state index >= 15 is 0 Å². The predicted molar refractivity (Wildman–Crippen MR) is 166 cm³/mol. The standard InChI is InChI=1S/C31H56O12S3/c1-18(2)29(5,6)20(4)10-9-19(3)22-11-12-23-21-15-26(41-44(32,33)34)25-16-27(42-45(35,36)37)28(43-46(38,39)40)17-31(25,8)24(21)13-14-30(22,23)7/h18-28H,9-17H2,1-8H3,(H,32,33,34)(H,35,36,37)(H,38,39,40)/p-3/t19-,20?,21+,22-,23+,24+,25?,26+,27+,28+,30-,31-/m1/s1. The molecule has 0 aromatic heterocycles. The molecule has 0 bridgehead atoms. The number of rotatable bonds is 12. The molecule has 15 heteroatoms. The molecule has 0 radical (unpaired) electrons. The summed E-state index contributed by atoms with van der Waals surface area (Å²) in [7, 11) is -15.8. The van der Waals surface area contributed by atoms with E-state index in [9.17, 15) is 38.9 Å². The summed E-state index contributed by atoms with van der Waals surface area (Å²) >= 11 is 0. The Labute approximate surface area is 277 Å². The summed E-state index contributed by atoms with van der Waals surface area (Å²) in [6, 6.07) is 0. The van der Waals surface area contributed by atoms with Crippen molar-refractivity contribution in [3.8, 4) is 0 Å². The van der Waals surface area contributed by atoms with Crippen LogP contribution in [-0.2, 0) is 43.7 Å². The van der Waals surface area contributed by atoms with Crippen molar-refractivity contribution in [3.05, 3.63) is 0 Å². The highest BCUT2D eigenvalue weighted by Crippen LogP contribution is 2.69. The zero-order chi connectivity index (χ0) is 34.8. The van der Waals surface area contributed by atoms with Crippen molar-refractivity contribution in [2.45, 2.75) is 131 Å². The molecule has 0 heterocycles. The monoisotopic (exact) mass is 713 g/mol. The van der Waals surface area contributed by atoms with E-state index < -0.39 is 60.8 Å². The summed E-state index contributed by atoms with van der Waals surface area (Å²) in [5.74, 6) is 1.33. The average molecular weight is 714 g/mol. The molecule has 0 amide bonds. The van der Waals surface area contributed by atoms with Gasteiger partial charge in [-0.15, -0.1) is 0 Å². The fraction of sp³-hybridized carbons (Fsp3) is 1.00. The minimum absolute atomic E-state index is 0.0350. The van der Waals surface area contributed by atoms with Crippen molar-refractivity contribution in [1.29, 1.82) is 0 Å². The van der Waals surface area contributed by atoms with Crippen LogP contribution in [-0.4, -0.2) is 57.2 Å². The lowest BCUT2D eigenvalue weighted by molar-refractivity contribution is -0.184. The lowest BCUT2D eigenvalue weighted by Gasteiger charge is -2.63. The summed E-state index contributed by atoms with van der Waals surface area (Å²) in [5, 5.41) is 0. The maximum Gasteiger partial charge on any atom is 0.217 e. The first kappa shape index (κ1) is 38.4. The summed E-state index contributed by atoms with van der Waals surface area (Å²) in [5.41, 5.74) is -0.713. The van der Waals surface area contributed by atoms with E-state index in [2.05, 4.69) is 52.6 Å². The van der Waals surface area contributed by atoms with Crippen LogP contribution in [0.1, 0.15) is 113 Å². The first-order chi connectivity index (χ1) is 20.8. The Morgan fingerprint density at radius 1 is 0.696 bits per heavy atom. The van der Waals surface area contributed by atoms with Gasteiger partial charge in [-0.25, -0.2) is 25.3 Å². The fourth-order valence-electron chi connectivity index (χ4n) is 10.6. The van der Waals surface area contributed by atoms with Crippen molar-refractivity contribution in [2.75, 3.05) is 0 Å². The molecular formula is C31H53O12S3-3. The Bertz CT molecular complexity index is 1430. The van der Waals surface area contributed by atoms with E-state index in [1.165, 1.54) is 0 Å². The van der Waals surface area contributed by atoms with Crippen molar-refractivity contribution >= 4 is 31.2 Å². The van der Waals surface area contributed by atoms with Crippen LogP contribution in [0.3, 0.4) is 0 Å². The SMILES string of the molecule is CC(C)C(C)(C)C(C)CC[C@@H](C)[C@H]1CC[C@H]2[C@@H]3C[C@H](OS(=O)(=O)[O-])C4C[C@H](OS(=O)(=O)[O-])[C@@H](OS(=O)(=O)[O-])C[C@]4(C)[C@H]3CC[C@]12C. The Morgan fingerprint density at radius 2 is 1.22 bits per heavy atom. The molecule has 0 aliphatic heterocycles. The molecule has 12 nitrogen and oxygen atoms in total. The number of hydrogen-bond donors (Lipinski definition) is 0. The molecule has 2 unspecified atom stereocenters. The summed E-state index contributed by atoms with van der Waals surface area (Å²) in [6.07, 6.45) is 1.13. The fourth-order valence-corrected chi connectivity index (χ4v) is 12.2. The van der Waals surface area contributed by atoms with Crippen molar-refractivity contribution in [3.63, 3.8) is 0 Å². The van der Waals surface area contributed by atoms with E-state index in [0.717, 1.165) is 38.5 Å². The van der Waals surface area contributed by atoms with Gasteiger partial charge in [-0.3, -0.25) is 12.5 Å². The van der Waals surface area contributed by atoms with Crippen LogP contribution in [0.15, 0.2) is 0 Å². The molecule has 4 aliphatic rings. The topological polar surface area (TPSA) is 199 Å². The van der Waals surface area contributed by atoms with Crippen LogP contribution in [0.5, 0.6) is 0 Å². The molecule has 4 rings (SSSR count). The van der Waals surface area contributed by atoms with Gasteiger partial charge in [0.25, 0.3) is 0 Å². The maximum atomic E-state index is 12.0. The van der Waals surface area contributed by atoms with Gasteiger partial charge in [0.15, 0.2) is 0 Å². The zero-order valence-electron chi connectivity index (χ0n) is 28.3. The summed E-state index contributed by atoms with van der Waals surface area (Å²) in [4.78, 5) is 0. The van der Waals surface area contributed by atoms with Gasteiger partial charge in [-0.1, -0.05) is 61.8 Å². The van der Waals surface area contributed by atoms with Gasteiger partial charge in [-0.05, 0) is 115 Å². The van der Waals surface area contributed by atoms with Gasteiger partial charge in [0.2, 0.25) is 31.2 Å². The first-order valence-electron chi connectivity index (χ1n) is 16.7. The third-order valence-corrected chi connectivity index (χ3v) is 15.4. The highest BCUT2D eigenvalue weighted by atomic mass is 32.3. The predicted octanol–water partition coefficient (Wildman–Crippen LogP) is 5.14. The smallest absolute Gasteiger partial charge is 0.217 e.